The minimum absolute atomic E-state index is 0.288. The summed E-state index contributed by atoms with van der Waals surface area (Å²) >= 11 is 9.31. The average molecular weight is 328 g/mol. The van der Waals surface area contributed by atoms with E-state index in [0.717, 1.165) is 0 Å². The van der Waals surface area contributed by atoms with Gasteiger partial charge in [0.15, 0.2) is 5.78 Å². The van der Waals surface area contributed by atoms with Gasteiger partial charge in [0.05, 0.1) is 5.02 Å². The standard InChI is InChI=1S/C14H9BrClFO/c1-8-5-9(7-10(17)6-8)14(18)11-3-2-4-12(15)13(11)16/h2-7H,1H3. The predicted molar refractivity (Wildman–Crippen MR) is 73.7 cm³/mol. The second-order valence-corrected chi connectivity index (χ2v) is 5.18. The molecule has 0 heterocycles. The van der Waals surface area contributed by atoms with Gasteiger partial charge in [0, 0.05) is 15.6 Å². The van der Waals surface area contributed by atoms with Gasteiger partial charge in [-0.05, 0) is 58.7 Å². The second kappa shape index (κ2) is 5.21. The molecule has 92 valence electrons. The summed E-state index contributed by atoms with van der Waals surface area (Å²) in [5.74, 6) is -0.714. The molecule has 0 atom stereocenters. The van der Waals surface area contributed by atoms with Gasteiger partial charge in [-0.1, -0.05) is 17.7 Å². The van der Waals surface area contributed by atoms with Crippen LogP contribution >= 0.6 is 27.5 Å². The Morgan fingerprint density at radius 2 is 2.00 bits per heavy atom. The van der Waals surface area contributed by atoms with Gasteiger partial charge in [-0.2, -0.15) is 0 Å². The van der Waals surface area contributed by atoms with Crippen molar-refractivity contribution in [3.05, 3.63) is 68.4 Å². The molecule has 0 unspecified atom stereocenters. The van der Waals surface area contributed by atoms with Crippen molar-refractivity contribution in [2.45, 2.75) is 6.92 Å². The summed E-state index contributed by atoms with van der Waals surface area (Å²) in [7, 11) is 0. The molecule has 2 aromatic carbocycles. The lowest BCUT2D eigenvalue weighted by molar-refractivity contribution is 0.103. The van der Waals surface area contributed by atoms with E-state index >= 15 is 0 Å². The van der Waals surface area contributed by atoms with Crippen LogP contribution in [0, 0.1) is 12.7 Å². The van der Waals surface area contributed by atoms with Crippen LogP contribution in [0.25, 0.3) is 0 Å². The lowest BCUT2D eigenvalue weighted by Crippen LogP contribution is -2.03. The smallest absolute Gasteiger partial charge is 0.194 e. The molecule has 0 aromatic heterocycles. The number of carbonyl (C=O) groups excluding carboxylic acids is 1. The molecule has 0 fully saturated rings. The summed E-state index contributed by atoms with van der Waals surface area (Å²) in [6.45, 7) is 1.74. The Morgan fingerprint density at radius 1 is 1.28 bits per heavy atom. The van der Waals surface area contributed by atoms with Gasteiger partial charge in [-0.3, -0.25) is 4.79 Å². The molecular formula is C14H9BrClFO. The van der Waals surface area contributed by atoms with E-state index in [-0.39, 0.29) is 5.78 Å². The van der Waals surface area contributed by atoms with Crippen LogP contribution in [0.2, 0.25) is 5.02 Å². The van der Waals surface area contributed by atoms with E-state index in [4.69, 9.17) is 11.6 Å². The number of halogens is 3. The highest BCUT2D eigenvalue weighted by Gasteiger charge is 2.15. The number of hydrogen-bond acceptors (Lipinski definition) is 1. The van der Waals surface area contributed by atoms with Crippen molar-refractivity contribution in [2.24, 2.45) is 0 Å². The highest BCUT2D eigenvalue weighted by atomic mass is 79.9. The van der Waals surface area contributed by atoms with E-state index in [9.17, 15) is 9.18 Å². The molecule has 0 saturated carbocycles. The average Bonchev–Trinajstić information content (AvgIpc) is 2.30. The summed E-state index contributed by atoms with van der Waals surface area (Å²) in [4.78, 5) is 12.3. The molecule has 0 N–H and O–H groups in total. The molecule has 0 saturated heterocycles. The molecule has 0 radical (unpaired) electrons. The molecule has 4 heteroatoms. The SMILES string of the molecule is Cc1cc(F)cc(C(=O)c2cccc(Br)c2Cl)c1. The normalized spacial score (nSPS) is 10.4. The molecule has 0 aliphatic rings. The number of ketones is 1. The first-order valence-electron chi connectivity index (χ1n) is 5.25. The third-order valence-electron chi connectivity index (χ3n) is 2.50. The van der Waals surface area contributed by atoms with Gasteiger partial charge in [-0.15, -0.1) is 0 Å². The van der Waals surface area contributed by atoms with E-state index in [1.807, 2.05) is 0 Å². The molecule has 2 aromatic rings. The Labute approximate surface area is 118 Å². The Hall–Kier alpha value is -1.19. The fourth-order valence-electron chi connectivity index (χ4n) is 1.70. The van der Waals surface area contributed by atoms with Gasteiger partial charge in [0.2, 0.25) is 0 Å². The lowest BCUT2D eigenvalue weighted by atomic mass is 10.0. The van der Waals surface area contributed by atoms with Crippen molar-refractivity contribution in [1.82, 2.24) is 0 Å². The third-order valence-corrected chi connectivity index (χ3v) is 3.80. The van der Waals surface area contributed by atoms with Gasteiger partial charge in [0.1, 0.15) is 5.82 Å². The number of benzene rings is 2. The van der Waals surface area contributed by atoms with Gasteiger partial charge >= 0.3 is 0 Å². The number of carbonyl (C=O) groups is 1. The first kappa shape index (κ1) is 13.2. The summed E-state index contributed by atoms with van der Waals surface area (Å²) < 4.78 is 13.9. The van der Waals surface area contributed by atoms with Crippen LogP contribution in [0.4, 0.5) is 4.39 Å². The highest BCUT2D eigenvalue weighted by molar-refractivity contribution is 9.10. The Morgan fingerprint density at radius 3 is 2.67 bits per heavy atom. The summed E-state index contributed by atoms with van der Waals surface area (Å²) in [5, 5.41) is 0.337. The molecule has 1 nitrogen and oxygen atoms in total. The van der Waals surface area contributed by atoms with E-state index in [2.05, 4.69) is 15.9 Å². The van der Waals surface area contributed by atoms with Crippen molar-refractivity contribution in [2.75, 3.05) is 0 Å². The Bertz CT molecular complexity index is 605. The number of hydrogen-bond donors (Lipinski definition) is 0. The maximum atomic E-state index is 13.3. The number of rotatable bonds is 2. The quantitative estimate of drug-likeness (QED) is 0.725. The van der Waals surface area contributed by atoms with Gasteiger partial charge in [0.25, 0.3) is 0 Å². The molecule has 0 amide bonds. The zero-order chi connectivity index (χ0) is 13.3. The van der Waals surface area contributed by atoms with Crippen LogP contribution in [0.3, 0.4) is 0 Å². The summed E-state index contributed by atoms with van der Waals surface area (Å²) in [6, 6.07) is 9.31. The predicted octanol–water partition coefficient (Wildman–Crippen LogP) is 4.78. The van der Waals surface area contributed by atoms with Crippen molar-refractivity contribution in [3.8, 4) is 0 Å². The van der Waals surface area contributed by atoms with Crippen LogP contribution in [-0.2, 0) is 0 Å². The molecule has 0 aliphatic carbocycles. The van der Waals surface area contributed by atoms with Crippen LogP contribution in [0.1, 0.15) is 21.5 Å². The highest BCUT2D eigenvalue weighted by Crippen LogP contribution is 2.28. The fourth-order valence-corrected chi connectivity index (χ4v) is 2.28. The van der Waals surface area contributed by atoms with Crippen LogP contribution in [-0.4, -0.2) is 5.78 Å². The summed E-state index contributed by atoms with van der Waals surface area (Å²) in [5.41, 5.74) is 1.35. The topological polar surface area (TPSA) is 17.1 Å². The lowest BCUT2D eigenvalue weighted by Gasteiger charge is -2.06. The monoisotopic (exact) mass is 326 g/mol. The third kappa shape index (κ3) is 2.62. The number of aryl methyl sites for hydroxylation is 1. The van der Waals surface area contributed by atoms with E-state index < -0.39 is 5.82 Å². The van der Waals surface area contributed by atoms with Crippen LogP contribution in [0.15, 0.2) is 40.9 Å². The largest absolute Gasteiger partial charge is 0.289 e. The molecule has 0 bridgehead atoms. The fraction of sp³-hybridized carbons (Fsp3) is 0.0714. The van der Waals surface area contributed by atoms with Crippen molar-refractivity contribution in [3.63, 3.8) is 0 Å². The van der Waals surface area contributed by atoms with Gasteiger partial charge < -0.3 is 0 Å². The van der Waals surface area contributed by atoms with Crippen LogP contribution < -0.4 is 0 Å². The van der Waals surface area contributed by atoms with Crippen molar-refractivity contribution < 1.29 is 9.18 Å². The Balaban J connectivity index is 2.51. The molecular weight excluding hydrogens is 319 g/mol. The van der Waals surface area contributed by atoms with E-state index in [0.29, 0.717) is 26.2 Å². The second-order valence-electron chi connectivity index (χ2n) is 3.95. The minimum atomic E-state index is -0.426. The van der Waals surface area contributed by atoms with Gasteiger partial charge in [-0.25, -0.2) is 4.39 Å². The maximum absolute atomic E-state index is 13.3. The van der Waals surface area contributed by atoms with Crippen molar-refractivity contribution >= 4 is 33.3 Å². The zero-order valence-electron chi connectivity index (χ0n) is 9.51. The van der Waals surface area contributed by atoms with E-state index in [1.54, 1.807) is 31.2 Å². The van der Waals surface area contributed by atoms with E-state index in [1.165, 1.54) is 12.1 Å². The maximum Gasteiger partial charge on any atom is 0.194 e. The van der Waals surface area contributed by atoms with Crippen molar-refractivity contribution in [1.29, 1.82) is 0 Å². The minimum Gasteiger partial charge on any atom is -0.289 e. The molecule has 0 aliphatic heterocycles. The van der Waals surface area contributed by atoms with Crippen LogP contribution in [0.5, 0.6) is 0 Å². The Kier molecular flexibility index (Phi) is 3.83. The molecule has 18 heavy (non-hydrogen) atoms. The molecule has 2 rings (SSSR count). The first-order valence-corrected chi connectivity index (χ1v) is 6.42. The first-order chi connectivity index (χ1) is 8.49. The molecule has 0 spiro atoms. The summed E-state index contributed by atoms with van der Waals surface area (Å²) in [6.07, 6.45) is 0. The zero-order valence-corrected chi connectivity index (χ0v) is 11.8.